The summed E-state index contributed by atoms with van der Waals surface area (Å²) < 4.78 is 15.5. The van der Waals surface area contributed by atoms with E-state index in [9.17, 15) is 4.39 Å². The molecule has 0 aliphatic heterocycles. The van der Waals surface area contributed by atoms with Gasteiger partial charge < -0.3 is 9.88 Å². The number of halogens is 1. The van der Waals surface area contributed by atoms with Crippen LogP contribution in [0.1, 0.15) is 18.5 Å². The molecule has 84 valence electrons. The summed E-state index contributed by atoms with van der Waals surface area (Å²) in [5.74, 6) is -0.238. The fourth-order valence-corrected chi connectivity index (χ4v) is 1.57. The number of imidazole rings is 1. The number of nitrogens with zero attached hydrogens (tertiary/aromatic N) is 2. The maximum Gasteiger partial charge on any atom is 0.147 e. The van der Waals surface area contributed by atoms with Crippen molar-refractivity contribution in [2.24, 2.45) is 0 Å². The number of nitrogens with one attached hydrogen (secondary N) is 1. The predicted molar refractivity (Wildman–Crippen MR) is 61.0 cm³/mol. The number of hydrogen-bond donors (Lipinski definition) is 1. The predicted octanol–water partition coefficient (Wildman–Crippen LogP) is 2.29. The molecule has 0 radical (unpaired) electrons. The van der Waals surface area contributed by atoms with Gasteiger partial charge in [-0.2, -0.15) is 0 Å². The molecule has 0 amide bonds. The molecule has 0 spiro atoms. The van der Waals surface area contributed by atoms with E-state index >= 15 is 0 Å². The van der Waals surface area contributed by atoms with Crippen molar-refractivity contribution in [3.63, 3.8) is 0 Å². The minimum Gasteiger partial charge on any atom is -0.313 e. The Morgan fingerprint density at radius 2 is 2.25 bits per heavy atom. The fourth-order valence-electron chi connectivity index (χ4n) is 1.57. The molecular formula is C12H14FN3. The molecule has 1 atom stereocenters. The highest BCUT2D eigenvalue weighted by Gasteiger charge is 2.08. The van der Waals surface area contributed by atoms with Gasteiger partial charge in [-0.3, -0.25) is 0 Å². The zero-order chi connectivity index (χ0) is 11.5. The lowest BCUT2D eigenvalue weighted by Crippen LogP contribution is -2.12. The first-order valence-electron chi connectivity index (χ1n) is 5.17. The molecular weight excluding hydrogens is 205 g/mol. The van der Waals surface area contributed by atoms with Crippen molar-refractivity contribution in [2.45, 2.75) is 13.0 Å². The molecule has 0 aliphatic carbocycles. The van der Waals surface area contributed by atoms with Crippen LogP contribution in [-0.2, 0) is 0 Å². The van der Waals surface area contributed by atoms with Crippen molar-refractivity contribution in [2.75, 3.05) is 7.05 Å². The van der Waals surface area contributed by atoms with E-state index in [4.69, 9.17) is 0 Å². The van der Waals surface area contributed by atoms with Crippen LogP contribution in [0.2, 0.25) is 0 Å². The second-order valence-corrected chi connectivity index (χ2v) is 3.69. The van der Waals surface area contributed by atoms with Crippen LogP contribution < -0.4 is 5.32 Å². The fraction of sp³-hybridized carbons (Fsp3) is 0.250. The van der Waals surface area contributed by atoms with E-state index in [2.05, 4.69) is 10.3 Å². The van der Waals surface area contributed by atoms with Crippen molar-refractivity contribution >= 4 is 0 Å². The summed E-state index contributed by atoms with van der Waals surface area (Å²) in [6.07, 6.45) is 4.93. The highest BCUT2D eigenvalue weighted by molar-refractivity contribution is 5.37. The molecule has 0 bridgehead atoms. The summed E-state index contributed by atoms with van der Waals surface area (Å²) in [5, 5.41) is 3.08. The van der Waals surface area contributed by atoms with Crippen molar-refractivity contribution in [3.8, 4) is 5.69 Å². The second kappa shape index (κ2) is 4.45. The van der Waals surface area contributed by atoms with Crippen LogP contribution in [0.25, 0.3) is 5.69 Å². The van der Waals surface area contributed by atoms with E-state index in [1.54, 1.807) is 35.4 Å². The maximum atomic E-state index is 13.8. The number of hydrogen-bond acceptors (Lipinski definition) is 2. The summed E-state index contributed by atoms with van der Waals surface area (Å²) in [4.78, 5) is 3.90. The highest BCUT2D eigenvalue weighted by Crippen LogP contribution is 2.19. The normalized spacial score (nSPS) is 12.7. The third-order valence-corrected chi connectivity index (χ3v) is 2.69. The molecule has 4 heteroatoms. The lowest BCUT2D eigenvalue weighted by Gasteiger charge is -2.12. The summed E-state index contributed by atoms with van der Waals surface area (Å²) in [5.41, 5.74) is 1.45. The monoisotopic (exact) mass is 219 g/mol. The van der Waals surface area contributed by atoms with Crippen LogP contribution in [0.15, 0.2) is 36.9 Å². The van der Waals surface area contributed by atoms with Gasteiger partial charge in [0, 0.05) is 18.4 Å². The summed E-state index contributed by atoms with van der Waals surface area (Å²) in [6.45, 7) is 1.99. The molecule has 3 nitrogen and oxygen atoms in total. The standard InChI is InChI=1S/C12H14FN3/c1-9(14-2)10-3-4-12(11(13)7-10)16-6-5-15-8-16/h3-9,14H,1-2H3/t9-/m0/s1. The Morgan fingerprint density at radius 3 is 2.81 bits per heavy atom. The molecule has 1 N–H and O–H groups in total. The number of rotatable bonds is 3. The van der Waals surface area contributed by atoms with E-state index in [0.717, 1.165) is 5.56 Å². The smallest absolute Gasteiger partial charge is 0.147 e. The third kappa shape index (κ3) is 1.97. The molecule has 1 heterocycles. The Kier molecular flexibility index (Phi) is 3.01. The van der Waals surface area contributed by atoms with Gasteiger partial charge in [-0.1, -0.05) is 6.07 Å². The summed E-state index contributed by atoms with van der Waals surface area (Å²) in [7, 11) is 1.85. The molecule has 0 saturated heterocycles. The molecule has 2 aromatic rings. The van der Waals surface area contributed by atoms with Gasteiger partial charge in [0.05, 0.1) is 12.0 Å². The quantitative estimate of drug-likeness (QED) is 0.858. The Bertz CT molecular complexity index is 465. The zero-order valence-electron chi connectivity index (χ0n) is 9.31. The maximum absolute atomic E-state index is 13.8. The number of aromatic nitrogens is 2. The van der Waals surface area contributed by atoms with E-state index < -0.39 is 0 Å². The van der Waals surface area contributed by atoms with Gasteiger partial charge >= 0.3 is 0 Å². The number of benzene rings is 1. The van der Waals surface area contributed by atoms with Gasteiger partial charge in [0.15, 0.2) is 0 Å². The van der Waals surface area contributed by atoms with E-state index in [-0.39, 0.29) is 11.9 Å². The first-order chi connectivity index (χ1) is 7.72. The zero-order valence-corrected chi connectivity index (χ0v) is 9.31. The largest absolute Gasteiger partial charge is 0.313 e. The second-order valence-electron chi connectivity index (χ2n) is 3.69. The van der Waals surface area contributed by atoms with Crippen molar-refractivity contribution in [1.82, 2.24) is 14.9 Å². The van der Waals surface area contributed by atoms with Gasteiger partial charge in [-0.25, -0.2) is 9.37 Å². The van der Waals surface area contributed by atoms with E-state index in [0.29, 0.717) is 5.69 Å². The summed E-state index contributed by atoms with van der Waals surface area (Å²) in [6, 6.07) is 5.38. The Hall–Kier alpha value is -1.68. The lowest BCUT2D eigenvalue weighted by atomic mass is 10.1. The average Bonchev–Trinajstić information content (AvgIpc) is 2.81. The Balaban J connectivity index is 2.37. The van der Waals surface area contributed by atoms with E-state index in [1.165, 1.54) is 0 Å². The van der Waals surface area contributed by atoms with Crippen LogP contribution in [0.3, 0.4) is 0 Å². The summed E-state index contributed by atoms with van der Waals surface area (Å²) >= 11 is 0. The minimum atomic E-state index is -0.238. The van der Waals surface area contributed by atoms with Crippen LogP contribution >= 0.6 is 0 Å². The topological polar surface area (TPSA) is 29.9 Å². The SMILES string of the molecule is CN[C@@H](C)c1ccc(-n2ccnc2)c(F)c1. The van der Waals surface area contributed by atoms with Crippen molar-refractivity contribution < 1.29 is 4.39 Å². The van der Waals surface area contributed by atoms with Crippen molar-refractivity contribution in [1.29, 1.82) is 0 Å². The van der Waals surface area contributed by atoms with Crippen LogP contribution in [0, 0.1) is 5.82 Å². The van der Waals surface area contributed by atoms with Gasteiger partial charge in [-0.05, 0) is 31.7 Å². The van der Waals surface area contributed by atoms with Gasteiger partial charge in [0.1, 0.15) is 5.82 Å². The van der Waals surface area contributed by atoms with E-state index in [1.807, 2.05) is 20.0 Å². The Labute approximate surface area is 93.9 Å². The molecule has 0 aliphatic rings. The van der Waals surface area contributed by atoms with Crippen LogP contribution in [0.5, 0.6) is 0 Å². The molecule has 0 fully saturated rings. The molecule has 16 heavy (non-hydrogen) atoms. The minimum absolute atomic E-state index is 0.145. The first kappa shape index (κ1) is 10.8. The Morgan fingerprint density at radius 1 is 1.44 bits per heavy atom. The first-order valence-corrected chi connectivity index (χ1v) is 5.17. The van der Waals surface area contributed by atoms with Crippen LogP contribution in [0.4, 0.5) is 4.39 Å². The molecule has 0 saturated carbocycles. The molecule has 1 aromatic carbocycles. The molecule has 0 unspecified atom stereocenters. The average molecular weight is 219 g/mol. The van der Waals surface area contributed by atoms with Crippen molar-refractivity contribution in [3.05, 3.63) is 48.3 Å². The third-order valence-electron chi connectivity index (χ3n) is 2.69. The van der Waals surface area contributed by atoms with Crippen LogP contribution in [-0.4, -0.2) is 16.6 Å². The highest BCUT2D eigenvalue weighted by atomic mass is 19.1. The molecule has 1 aromatic heterocycles. The van der Waals surface area contributed by atoms with Gasteiger partial charge in [0.2, 0.25) is 0 Å². The molecule has 2 rings (SSSR count). The lowest BCUT2D eigenvalue weighted by molar-refractivity contribution is 0.601. The van der Waals surface area contributed by atoms with Gasteiger partial charge in [-0.15, -0.1) is 0 Å². The van der Waals surface area contributed by atoms with Gasteiger partial charge in [0.25, 0.3) is 0 Å².